The molecule has 0 saturated heterocycles. The largest absolute Gasteiger partial charge is 0.459 e. The van der Waals surface area contributed by atoms with Gasteiger partial charge in [-0.3, -0.25) is 4.79 Å². The van der Waals surface area contributed by atoms with Gasteiger partial charge in [-0.25, -0.2) is 4.39 Å². The van der Waals surface area contributed by atoms with Crippen molar-refractivity contribution in [3.8, 4) is 0 Å². The van der Waals surface area contributed by atoms with Crippen LogP contribution in [0.3, 0.4) is 0 Å². The van der Waals surface area contributed by atoms with Crippen LogP contribution in [-0.2, 0) is 9.53 Å². The highest BCUT2D eigenvalue weighted by Crippen LogP contribution is 2.23. The Morgan fingerprint density at radius 1 is 1.50 bits per heavy atom. The summed E-state index contributed by atoms with van der Waals surface area (Å²) in [5.74, 6) is -0.287. The molecule has 1 fully saturated rings. The van der Waals surface area contributed by atoms with Gasteiger partial charge in [-0.05, 0) is 19.3 Å². The maximum Gasteiger partial charge on any atom is 0.305 e. The topological polar surface area (TPSA) is 26.3 Å². The van der Waals surface area contributed by atoms with E-state index in [-0.39, 0.29) is 5.97 Å². The predicted molar refractivity (Wildman–Crippen MR) is 43.5 cm³/mol. The summed E-state index contributed by atoms with van der Waals surface area (Å²) in [6.45, 7) is 1.72. The lowest BCUT2D eigenvalue weighted by Gasteiger charge is -2.25. The van der Waals surface area contributed by atoms with Crippen molar-refractivity contribution in [1.82, 2.24) is 0 Å². The first-order valence-corrected chi connectivity index (χ1v) is 4.57. The molecule has 1 saturated carbocycles. The van der Waals surface area contributed by atoms with E-state index in [2.05, 4.69) is 0 Å². The van der Waals surface area contributed by atoms with Crippen LogP contribution in [0.2, 0.25) is 0 Å². The van der Waals surface area contributed by atoms with E-state index in [1.807, 2.05) is 0 Å². The van der Waals surface area contributed by atoms with E-state index in [1.54, 1.807) is 6.92 Å². The Kier molecular flexibility index (Phi) is 3.50. The first-order chi connectivity index (χ1) is 5.74. The fraction of sp³-hybridized carbons (Fsp3) is 0.889. The second-order valence-electron chi connectivity index (χ2n) is 3.18. The Labute approximate surface area is 72.1 Å². The number of hydrogen-bond acceptors (Lipinski definition) is 2. The van der Waals surface area contributed by atoms with Gasteiger partial charge in [0.2, 0.25) is 0 Å². The minimum absolute atomic E-state index is 0.287. The van der Waals surface area contributed by atoms with Gasteiger partial charge in [0.25, 0.3) is 0 Å². The zero-order chi connectivity index (χ0) is 8.97. The molecular formula is C9H15FO2. The molecule has 0 aromatic rings. The van der Waals surface area contributed by atoms with Gasteiger partial charge < -0.3 is 4.74 Å². The molecule has 0 aromatic carbocycles. The van der Waals surface area contributed by atoms with Crippen molar-refractivity contribution in [2.45, 2.75) is 51.3 Å². The van der Waals surface area contributed by atoms with Crippen LogP contribution < -0.4 is 0 Å². The lowest BCUT2D eigenvalue weighted by molar-refractivity contribution is -0.153. The fourth-order valence-corrected chi connectivity index (χ4v) is 1.44. The van der Waals surface area contributed by atoms with E-state index in [0.29, 0.717) is 19.3 Å². The van der Waals surface area contributed by atoms with Crippen LogP contribution in [0.1, 0.15) is 39.0 Å². The Balaban J connectivity index is 2.33. The van der Waals surface area contributed by atoms with Gasteiger partial charge >= 0.3 is 5.97 Å². The van der Waals surface area contributed by atoms with Crippen molar-refractivity contribution in [2.75, 3.05) is 0 Å². The number of alkyl halides is 1. The lowest BCUT2D eigenvalue weighted by atomic mass is 9.96. The summed E-state index contributed by atoms with van der Waals surface area (Å²) in [6.07, 6.45) is 2.06. The van der Waals surface area contributed by atoms with Crippen LogP contribution in [0.5, 0.6) is 0 Å². The second-order valence-corrected chi connectivity index (χ2v) is 3.18. The number of hydrogen-bond donors (Lipinski definition) is 0. The summed E-state index contributed by atoms with van der Waals surface area (Å²) in [4.78, 5) is 10.8. The molecule has 1 aliphatic rings. The van der Waals surface area contributed by atoms with Crippen molar-refractivity contribution < 1.29 is 13.9 Å². The zero-order valence-corrected chi connectivity index (χ0v) is 7.38. The summed E-state index contributed by atoms with van der Waals surface area (Å²) < 4.78 is 18.0. The van der Waals surface area contributed by atoms with E-state index >= 15 is 0 Å². The number of rotatable bonds is 2. The highest BCUT2D eigenvalue weighted by molar-refractivity contribution is 5.69. The molecule has 3 heteroatoms. The lowest BCUT2D eigenvalue weighted by Crippen LogP contribution is -2.31. The Bertz CT molecular complexity index is 159. The summed E-state index contributed by atoms with van der Waals surface area (Å²) in [5, 5.41) is 0. The average Bonchev–Trinajstić information content (AvgIpc) is 2.09. The number of halogens is 1. The third-order valence-electron chi connectivity index (χ3n) is 2.19. The van der Waals surface area contributed by atoms with Crippen LogP contribution >= 0.6 is 0 Å². The maximum atomic E-state index is 13.1. The molecule has 0 radical (unpaired) electrons. The predicted octanol–water partition coefficient (Wildman–Crippen LogP) is 2.22. The molecule has 0 amide bonds. The quantitative estimate of drug-likeness (QED) is 0.600. The molecule has 0 heterocycles. The SMILES string of the molecule is CCC(=O)O[C@@H]1CCCC[C@H]1F. The average molecular weight is 174 g/mol. The molecule has 2 atom stereocenters. The molecule has 0 spiro atoms. The van der Waals surface area contributed by atoms with E-state index in [0.717, 1.165) is 12.8 Å². The van der Waals surface area contributed by atoms with Gasteiger partial charge in [0.1, 0.15) is 12.3 Å². The van der Waals surface area contributed by atoms with Crippen molar-refractivity contribution in [2.24, 2.45) is 0 Å². The normalized spacial score (nSPS) is 29.8. The molecule has 0 aromatic heterocycles. The van der Waals surface area contributed by atoms with Crippen molar-refractivity contribution in [3.63, 3.8) is 0 Å². The molecule has 0 N–H and O–H groups in total. The summed E-state index contributed by atoms with van der Waals surface area (Å²) in [7, 11) is 0. The van der Waals surface area contributed by atoms with Crippen LogP contribution in [0.25, 0.3) is 0 Å². The van der Waals surface area contributed by atoms with Gasteiger partial charge in [0.15, 0.2) is 0 Å². The summed E-state index contributed by atoms with van der Waals surface area (Å²) in [5.41, 5.74) is 0. The molecule has 0 aliphatic heterocycles. The van der Waals surface area contributed by atoms with Crippen molar-refractivity contribution in [3.05, 3.63) is 0 Å². The molecule has 0 unspecified atom stereocenters. The van der Waals surface area contributed by atoms with Crippen LogP contribution in [0.15, 0.2) is 0 Å². The fourth-order valence-electron chi connectivity index (χ4n) is 1.44. The van der Waals surface area contributed by atoms with E-state index in [1.165, 1.54) is 0 Å². The smallest absolute Gasteiger partial charge is 0.305 e. The molecule has 70 valence electrons. The van der Waals surface area contributed by atoms with Crippen molar-refractivity contribution in [1.29, 1.82) is 0 Å². The third kappa shape index (κ3) is 2.47. The van der Waals surface area contributed by atoms with E-state index < -0.39 is 12.3 Å². The monoisotopic (exact) mass is 174 g/mol. The molecule has 1 rings (SSSR count). The zero-order valence-electron chi connectivity index (χ0n) is 7.38. The number of ether oxygens (including phenoxy) is 1. The number of carbonyl (C=O) groups excluding carboxylic acids is 1. The van der Waals surface area contributed by atoms with Gasteiger partial charge in [-0.15, -0.1) is 0 Å². The molecular weight excluding hydrogens is 159 g/mol. The Morgan fingerprint density at radius 2 is 2.17 bits per heavy atom. The minimum Gasteiger partial charge on any atom is -0.459 e. The Morgan fingerprint density at radius 3 is 2.75 bits per heavy atom. The van der Waals surface area contributed by atoms with Crippen LogP contribution in [0.4, 0.5) is 4.39 Å². The highest BCUT2D eigenvalue weighted by atomic mass is 19.1. The molecule has 0 bridgehead atoms. The van der Waals surface area contributed by atoms with Gasteiger partial charge in [-0.2, -0.15) is 0 Å². The van der Waals surface area contributed by atoms with Crippen molar-refractivity contribution >= 4 is 5.97 Å². The van der Waals surface area contributed by atoms with Gasteiger partial charge in [0.05, 0.1) is 0 Å². The highest BCUT2D eigenvalue weighted by Gasteiger charge is 2.27. The first-order valence-electron chi connectivity index (χ1n) is 4.57. The Hall–Kier alpha value is -0.600. The number of esters is 1. The minimum atomic E-state index is -0.936. The molecule has 12 heavy (non-hydrogen) atoms. The second kappa shape index (κ2) is 4.43. The van der Waals surface area contributed by atoms with E-state index in [4.69, 9.17) is 4.74 Å². The molecule has 1 aliphatic carbocycles. The summed E-state index contributed by atoms with van der Waals surface area (Å²) >= 11 is 0. The number of carbonyl (C=O) groups is 1. The van der Waals surface area contributed by atoms with Crippen LogP contribution in [0, 0.1) is 0 Å². The third-order valence-corrected chi connectivity index (χ3v) is 2.19. The first kappa shape index (κ1) is 9.49. The van der Waals surface area contributed by atoms with Gasteiger partial charge in [0, 0.05) is 6.42 Å². The van der Waals surface area contributed by atoms with Gasteiger partial charge in [-0.1, -0.05) is 13.3 Å². The summed E-state index contributed by atoms with van der Waals surface area (Å²) in [6, 6.07) is 0. The molecule has 2 nitrogen and oxygen atoms in total. The standard InChI is InChI=1S/C9H15FO2/c1-2-9(11)12-8-6-4-3-5-7(8)10/h7-8H,2-6H2,1H3/t7-,8-/m1/s1. The van der Waals surface area contributed by atoms with E-state index in [9.17, 15) is 9.18 Å². The maximum absolute atomic E-state index is 13.1. The van der Waals surface area contributed by atoms with Crippen LogP contribution in [-0.4, -0.2) is 18.2 Å².